The Balaban J connectivity index is 2.18. The van der Waals surface area contributed by atoms with Crippen molar-refractivity contribution in [1.29, 1.82) is 0 Å². The molecule has 0 heterocycles. The first-order chi connectivity index (χ1) is 8.62. The summed E-state index contributed by atoms with van der Waals surface area (Å²) in [6.45, 7) is 7.96. The van der Waals surface area contributed by atoms with Crippen LogP contribution in [0.25, 0.3) is 0 Å². The highest BCUT2D eigenvalue weighted by Gasteiger charge is 2.31. The normalized spacial score (nSPS) is 19.7. The zero-order valence-corrected chi connectivity index (χ0v) is 12.3. The van der Waals surface area contributed by atoms with Crippen LogP contribution in [0.4, 0.5) is 0 Å². The third-order valence-corrected chi connectivity index (χ3v) is 4.33. The number of hydrogen-bond donors (Lipinski definition) is 2. The molecule has 1 saturated carbocycles. The highest BCUT2D eigenvalue weighted by Crippen LogP contribution is 2.40. The van der Waals surface area contributed by atoms with Gasteiger partial charge in [0.15, 0.2) is 0 Å². The zero-order valence-electron chi connectivity index (χ0n) is 12.3. The van der Waals surface area contributed by atoms with Crippen LogP contribution in [0.5, 0.6) is 0 Å². The lowest BCUT2D eigenvalue weighted by atomic mass is 9.83. The minimum Gasteiger partial charge on any atom is -0.353 e. The van der Waals surface area contributed by atoms with Crippen LogP contribution in [0.1, 0.15) is 65.7 Å². The van der Waals surface area contributed by atoms with Crippen molar-refractivity contribution in [1.82, 2.24) is 10.6 Å². The predicted molar refractivity (Wildman–Crippen MR) is 76.6 cm³/mol. The Morgan fingerprint density at radius 2 is 1.94 bits per heavy atom. The minimum atomic E-state index is 0.139. The van der Waals surface area contributed by atoms with E-state index < -0.39 is 0 Å². The molecule has 2 N–H and O–H groups in total. The Kier molecular flexibility index (Phi) is 6.69. The molecule has 1 aliphatic rings. The van der Waals surface area contributed by atoms with Crippen LogP contribution in [0.15, 0.2) is 0 Å². The van der Waals surface area contributed by atoms with Crippen molar-refractivity contribution in [3.8, 4) is 0 Å². The van der Waals surface area contributed by atoms with Crippen molar-refractivity contribution >= 4 is 5.91 Å². The maximum Gasteiger partial charge on any atom is 0.234 e. The predicted octanol–water partition coefficient (Wildman–Crippen LogP) is 2.85. The maximum atomic E-state index is 11.7. The lowest BCUT2D eigenvalue weighted by Crippen LogP contribution is -2.42. The van der Waals surface area contributed by atoms with Crippen molar-refractivity contribution in [3.05, 3.63) is 0 Å². The summed E-state index contributed by atoms with van der Waals surface area (Å²) < 4.78 is 0. The van der Waals surface area contributed by atoms with Gasteiger partial charge < -0.3 is 10.6 Å². The average molecular weight is 254 g/mol. The number of rotatable bonds is 8. The van der Waals surface area contributed by atoms with Gasteiger partial charge in [-0.25, -0.2) is 0 Å². The second-order valence-corrected chi connectivity index (χ2v) is 5.92. The summed E-state index contributed by atoms with van der Waals surface area (Å²) in [6, 6.07) is 0.302. The van der Waals surface area contributed by atoms with Crippen molar-refractivity contribution in [3.63, 3.8) is 0 Å². The van der Waals surface area contributed by atoms with Gasteiger partial charge in [0.25, 0.3) is 0 Å². The summed E-state index contributed by atoms with van der Waals surface area (Å²) in [4.78, 5) is 11.7. The smallest absolute Gasteiger partial charge is 0.234 e. The highest BCUT2D eigenvalue weighted by atomic mass is 16.1. The van der Waals surface area contributed by atoms with E-state index in [-0.39, 0.29) is 5.91 Å². The van der Waals surface area contributed by atoms with Crippen molar-refractivity contribution in [2.45, 2.75) is 71.8 Å². The van der Waals surface area contributed by atoms with Crippen molar-refractivity contribution in [2.75, 3.05) is 13.1 Å². The molecule has 1 unspecified atom stereocenters. The fourth-order valence-electron chi connectivity index (χ4n) is 3.05. The Morgan fingerprint density at radius 3 is 2.50 bits per heavy atom. The van der Waals surface area contributed by atoms with Crippen LogP contribution in [0.3, 0.4) is 0 Å². The van der Waals surface area contributed by atoms with Gasteiger partial charge in [-0.1, -0.05) is 33.1 Å². The fourth-order valence-corrected chi connectivity index (χ4v) is 3.05. The van der Waals surface area contributed by atoms with E-state index in [1.165, 1.54) is 32.1 Å². The standard InChI is InChI=1S/C15H30N2O/c1-4-8-13(3)17-14(18)11-16-12-15(5-2)9-6-7-10-15/h13,16H,4-12H2,1-3H3,(H,17,18). The topological polar surface area (TPSA) is 41.1 Å². The van der Waals surface area contributed by atoms with Gasteiger partial charge in [-0.05, 0) is 38.0 Å². The summed E-state index contributed by atoms with van der Waals surface area (Å²) in [6.07, 6.45) is 8.77. The molecule has 0 aromatic rings. The summed E-state index contributed by atoms with van der Waals surface area (Å²) in [5.74, 6) is 0.139. The molecule has 18 heavy (non-hydrogen) atoms. The van der Waals surface area contributed by atoms with Gasteiger partial charge in [-0.3, -0.25) is 4.79 Å². The highest BCUT2D eigenvalue weighted by molar-refractivity contribution is 5.78. The molecule has 3 heteroatoms. The van der Waals surface area contributed by atoms with Crippen LogP contribution >= 0.6 is 0 Å². The summed E-state index contributed by atoms with van der Waals surface area (Å²) in [7, 11) is 0. The molecule has 0 bridgehead atoms. The third kappa shape index (κ3) is 4.97. The molecule has 1 amide bonds. The van der Waals surface area contributed by atoms with Crippen LogP contribution in [0.2, 0.25) is 0 Å². The van der Waals surface area contributed by atoms with E-state index in [9.17, 15) is 4.79 Å². The zero-order chi connectivity index (χ0) is 13.4. The number of nitrogens with one attached hydrogen (secondary N) is 2. The van der Waals surface area contributed by atoms with E-state index in [1.54, 1.807) is 0 Å². The average Bonchev–Trinajstić information content (AvgIpc) is 2.78. The number of carbonyl (C=O) groups excluding carboxylic acids is 1. The molecule has 0 spiro atoms. The molecule has 0 saturated heterocycles. The first-order valence-corrected chi connectivity index (χ1v) is 7.62. The number of amides is 1. The molecule has 106 valence electrons. The molecule has 1 atom stereocenters. The quantitative estimate of drug-likeness (QED) is 0.699. The summed E-state index contributed by atoms with van der Waals surface area (Å²) in [5, 5.41) is 6.39. The van der Waals surface area contributed by atoms with Gasteiger partial charge in [0.1, 0.15) is 0 Å². The van der Waals surface area contributed by atoms with Crippen LogP contribution in [0, 0.1) is 5.41 Å². The van der Waals surface area contributed by atoms with E-state index in [2.05, 4.69) is 31.4 Å². The molecule has 3 nitrogen and oxygen atoms in total. The largest absolute Gasteiger partial charge is 0.353 e. The van der Waals surface area contributed by atoms with E-state index in [0.717, 1.165) is 19.4 Å². The lowest BCUT2D eigenvalue weighted by molar-refractivity contribution is -0.120. The summed E-state index contributed by atoms with van der Waals surface area (Å²) >= 11 is 0. The second-order valence-electron chi connectivity index (χ2n) is 5.92. The van der Waals surface area contributed by atoms with Gasteiger partial charge in [0.05, 0.1) is 6.54 Å². The molecule has 1 fully saturated rings. The molecular formula is C15H30N2O. The van der Waals surface area contributed by atoms with Crippen molar-refractivity contribution < 1.29 is 4.79 Å². The van der Waals surface area contributed by atoms with Gasteiger partial charge in [0, 0.05) is 12.6 Å². The van der Waals surface area contributed by atoms with E-state index in [0.29, 0.717) is 18.0 Å². The molecular weight excluding hydrogens is 224 g/mol. The molecule has 0 aromatic heterocycles. The minimum absolute atomic E-state index is 0.139. The van der Waals surface area contributed by atoms with Gasteiger partial charge in [-0.2, -0.15) is 0 Å². The molecule has 0 aliphatic heterocycles. The fraction of sp³-hybridized carbons (Fsp3) is 0.933. The monoisotopic (exact) mass is 254 g/mol. The van der Waals surface area contributed by atoms with E-state index in [4.69, 9.17) is 0 Å². The molecule has 0 radical (unpaired) electrons. The molecule has 0 aromatic carbocycles. The Bertz CT molecular complexity index is 247. The van der Waals surface area contributed by atoms with Gasteiger partial charge in [-0.15, -0.1) is 0 Å². The molecule has 1 aliphatic carbocycles. The Morgan fingerprint density at radius 1 is 1.28 bits per heavy atom. The SMILES string of the molecule is CCCC(C)NC(=O)CNCC1(CC)CCCC1. The van der Waals surface area contributed by atoms with Crippen molar-refractivity contribution in [2.24, 2.45) is 5.41 Å². The summed E-state index contributed by atoms with van der Waals surface area (Å²) in [5.41, 5.74) is 0.468. The third-order valence-electron chi connectivity index (χ3n) is 4.33. The molecule has 1 rings (SSSR count). The lowest BCUT2D eigenvalue weighted by Gasteiger charge is -2.27. The van der Waals surface area contributed by atoms with Crippen LogP contribution in [-0.4, -0.2) is 25.0 Å². The number of hydrogen-bond acceptors (Lipinski definition) is 2. The first kappa shape index (κ1) is 15.5. The van der Waals surface area contributed by atoms with Gasteiger partial charge in [0.2, 0.25) is 5.91 Å². The van der Waals surface area contributed by atoms with Crippen LogP contribution < -0.4 is 10.6 Å². The maximum absolute atomic E-state index is 11.7. The first-order valence-electron chi connectivity index (χ1n) is 7.62. The Labute approximate surface area is 112 Å². The van der Waals surface area contributed by atoms with Gasteiger partial charge >= 0.3 is 0 Å². The number of carbonyl (C=O) groups is 1. The Hall–Kier alpha value is -0.570. The second kappa shape index (κ2) is 7.78. The van der Waals surface area contributed by atoms with Crippen LogP contribution in [-0.2, 0) is 4.79 Å². The van der Waals surface area contributed by atoms with E-state index in [1.807, 2.05) is 0 Å². The van der Waals surface area contributed by atoms with E-state index >= 15 is 0 Å².